The molecule has 1 fully saturated rings. The standard InChI is InChI=1S/C21H29N5O5S/c1-15-14-32-20(21(29)22-7-11-30-2)19(15)24-18(28)13-26(8-4-3-5-9-26)12-17(27)23-16-6-10-31-25-16/h6,10,14H,3-5,7-9,11-13H2,1-2H3,(H2-,22,23,24,25,27,28,29)/p+1. The number of nitrogens with one attached hydrogen (secondary N) is 3. The Morgan fingerprint density at radius 2 is 1.88 bits per heavy atom. The van der Waals surface area contributed by atoms with E-state index in [1.807, 2.05) is 12.3 Å². The van der Waals surface area contributed by atoms with E-state index < -0.39 is 0 Å². The van der Waals surface area contributed by atoms with Gasteiger partial charge in [-0.05, 0) is 37.1 Å². The van der Waals surface area contributed by atoms with Crippen LogP contribution in [0.2, 0.25) is 0 Å². The smallest absolute Gasteiger partial charge is 0.280 e. The minimum Gasteiger partial charge on any atom is -0.383 e. The van der Waals surface area contributed by atoms with Crippen molar-refractivity contribution in [2.45, 2.75) is 26.2 Å². The average Bonchev–Trinajstić information content (AvgIpc) is 3.38. The van der Waals surface area contributed by atoms with Crippen molar-refractivity contribution in [3.63, 3.8) is 0 Å². The molecule has 0 atom stereocenters. The number of amides is 3. The first-order valence-electron chi connectivity index (χ1n) is 10.6. The molecule has 0 aliphatic carbocycles. The van der Waals surface area contributed by atoms with Crippen LogP contribution >= 0.6 is 11.3 Å². The molecule has 0 aromatic carbocycles. The van der Waals surface area contributed by atoms with Gasteiger partial charge in [0.25, 0.3) is 17.7 Å². The zero-order valence-corrected chi connectivity index (χ0v) is 19.3. The van der Waals surface area contributed by atoms with Crippen molar-refractivity contribution in [1.29, 1.82) is 0 Å². The third kappa shape index (κ3) is 6.38. The Kier molecular flexibility index (Phi) is 8.37. The summed E-state index contributed by atoms with van der Waals surface area (Å²) >= 11 is 1.29. The Bertz CT molecular complexity index is 921. The molecule has 2 aromatic heterocycles. The number of aromatic nitrogens is 1. The van der Waals surface area contributed by atoms with E-state index in [9.17, 15) is 14.4 Å². The molecule has 2 aromatic rings. The number of nitrogens with zero attached hydrogens (tertiary/aromatic N) is 2. The fourth-order valence-corrected chi connectivity index (χ4v) is 4.84. The highest BCUT2D eigenvalue weighted by atomic mass is 32.1. The maximum atomic E-state index is 13.0. The maximum absolute atomic E-state index is 13.0. The van der Waals surface area contributed by atoms with Crippen molar-refractivity contribution in [3.8, 4) is 0 Å². The van der Waals surface area contributed by atoms with Gasteiger partial charge in [0.1, 0.15) is 11.1 Å². The minimum absolute atomic E-state index is 0.159. The van der Waals surface area contributed by atoms with Crippen LogP contribution in [0.15, 0.2) is 22.2 Å². The Morgan fingerprint density at radius 3 is 2.53 bits per heavy atom. The Labute approximate surface area is 190 Å². The lowest BCUT2D eigenvalue weighted by Gasteiger charge is -2.40. The summed E-state index contributed by atoms with van der Waals surface area (Å²) in [4.78, 5) is 38.6. The van der Waals surface area contributed by atoms with E-state index in [1.54, 1.807) is 13.2 Å². The third-order valence-electron chi connectivity index (χ3n) is 5.47. The number of quaternary nitrogens is 1. The topological polar surface area (TPSA) is 123 Å². The normalized spacial score (nSPS) is 15.2. The molecule has 0 bridgehead atoms. The molecule has 0 unspecified atom stereocenters. The zero-order valence-electron chi connectivity index (χ0n) is 18.4. The molecule has 10 nitrogen and oxygen atoms in total. The Balaban J connectivity index is 1.66. The molecule has 1 aliphatic rings. The van der Waals surface area contributed by atoms with E-state index in [1.165, 1.54) is 17.6 Å². The highest BCUT2D eigenvalue weighted by Crippen LogP contribution is 2.28. The number of carbonyl (C=O) groups is 3. The fourth-order valence-electron chi connectivity index (χ4n) is 3.92. The molecular weight excluding hydrogens is 434 g/mol. The number of aryl methyl sites for hydroxylation is 1. The summed E-state index contributed by atoms with van der Waals surface area (Å²) in [5, 5.41) is 14.0. The Morgan fingerprint density at radius 1 is 1.16 bits per heavy atom. The lowest BCUT2D eigenvalue weighted by atomic mass is 10.1. The number of hydrogen-bond donors (Lipinski definition) is 3. The molecule has 32 heavy (non-hydrogen) atoms. The van der Waals surface area contributed by atoms with E-state index in [4.69, 9.17) is 9.26 Å². The molecule has 0 saturated carbocycles. The van der Waals surface area contributed by atoms with Gasteiger partial charge in [-0.3, -0.25) is 14.4 Å². The van der Waals surface area contributed by atoms with Crippen molar-refractivity contribution < 1.29 is 28.1 Å². The fraction of sp³-hybridized carbons (Fsp3) is 0.524. The van der Waals surface area contributed by atoms with Crippen molar-refractivity contribution in [3.05, 3.63) is 28.2 Å². The largest absolute Gasteiger partial charge is 0.383 e. The molecule has 3 amide bonds. The van der Waals surface area contributed by atoms with Gasteiger partial charge in [0, 0.05) is 19.7 Å². The number of thiophene rings is 1. The predicted octanol–water partition coefficient (Wildman–Crippen LogP) is 2.00. The second kappa shape index (κ2) is 11.2. The highest BCUT2D eigenvalue weighted by molar-refractivity contribution is 7.13. The quantitative estimate of drug-likeness (QED) is 0.365. The summed E-state index contributed by atoms with van der Waals surface area (Å²) in [6.45, 7) is 4.47. The van der Waals surface area contributed by atoms with Crippen molar-refractivity contribution in [2.75, 3.05) is 57.1 Å². The summed E-state index contributed by atoms with van der Waals surface area (Å²) in [6.07, 6.45) is 4.38. The summed E-state index contributed by atoms with van der Waals surface area (Å²) in [6, 6.07) is 1.57. The zero-order chi connectivity index (χ0) is 23.0. The molecule has 0 spiro atoms. The molecule has 1 aliphatic heterocycles. The van der Waals surface area contributed by atoms with Crippen molar-refractivity contribution >= 4 is 40.6 Å². The molecule has 3 heterocycles. The highest BCUT2D eigenvalue weighted by Gasteiger charge is 2.35. The number of methoxy groups -OCH3 is 1. The molecule has 3 rings (SSSR count). The van der Waals surface area contributed by atoms with Gasteiger partial charge < -0.3 is 29.7 Å². The van der Waals surface area contributed by atoms with Crippen LogP contribution in [0.1, 0.15) is 34.5 Å². The van der Waals surface area contributed by atoms with E-state index in [2.05, 4.69) is 21.1 Å². The van der Waals surface area contributed by atoms with E-state index in [0.29, 0.717) is 34.0 Å². The maximum Gasteiger partial charge on any atom is 0.280 e. The van der Waals surface area contributed by atoms with Crippen LogP contribution in [0, 0.1) is 6.92 Å². The summed E-state index contributed by atoms with van der Waals surface area (Å²) < 4.78 is 10.1. The molecule has 1 saturated heterocycles. The molecule has 174 valence electrons. The summed E-state index contributed by atoms with van der Waals surface area (Å²) in [5.41, 5.74) is 1.35. The minimum atomic E-state index is -0.246. The van der Waals surface area contributed by atoms with Gasteiger partial charge in [-0.15, -0.1) is 11.3 Å². The first-order valence-corrected chi connectivity index (χ1v) is 11.5. The van der Waals surface area contributed by atoms with Gasteiger partial charge in [-0.1, -0.05) is 5.16 Å². The van der Waals surface area contributed by atoms with Crippen LogP contribution in [0.5, 0.6) is 0 Å². The summed E-state index contributed by atoms with van der Waals surface area (Å²) in [5.74, 6) is -0.316. The van der Waals surface area contributed by atoms with Crippen LogP contribution in [0.25, 0.3) is 0 Å². The van der Waals surface area contributed by atoms with Gasteiger partial charge in [0.05, 0.1) is 25.4 Å². The van der Waals surface area contributed by atoms with Gasteiger partial charge in [-0.2, -0.15) is 0 Å². The van der Waals surface area contributed by atoms with E-state index >= 15 is 0 Å². The number of ether oxygens (including phenoxy) is 1. The number of piperidine rings is 1. The number of likely N-dealkylation sites (tertiary alicyclic amines) is 1. The average molecular weight is 465 g/mol. The van der Waals surface area contributed by atoms with Crippen molar-refractivity contribution in [2.24, 2.45) is 0 Å². The van der Waals surface area contributed by atoms with Gasteiger partial charge in [-0.25, -0.2) is 0 Å². The van der Waals surface area contributed by atoms with Crippen LogP contribution in [0.4, 0.5) is 11.5 Å². The van der Waals surface area contributed by atoms with Crippen LogP contribution in [-0.4, -0.2) is 73.8 Å². The third-order valence-corrected chi connectivity index (χ3v) is 6.56. The number of hydrogen-bond acceptors (Lipinski definition) is 7. The number of carbonyl (C=O) groups excluding carboxylic acids is 3. The van der Waals surface area contributed by atoms with Gasteiger partial charge >= 0.3 is 0 Å². The van der Waals surface area contributed by atoms with Crippen molar-refractivity contribution in [1.82, 2.24) is 10.5 Å². The SMILES string of the molecule is COCCNC(=O)c1scc(C)c1NC(=O)C[N+]1(CC(=O)Nc2ccon2)CCCCC1. The first kappa shape index (κ1) is 23.9. The second-order valence-electron chi connectivity index (χ2n) is 8.02. The molecular formula is C21H30N5O5S+. The lowest BCUT2D eigenvalue weighted by molar-refractivity contribution is -0.917. The van der Waals surface area contributed by atoms with E-state index in [-0.39, 0.29) is 30.8 Å². The van der Waals surface area contributed by atoms with Crippen LogP contribution < -0.4 is 16.0 Å². The summed E-state index contributed by atoms with van der Waals surface area (Å²) in [7, 11) is 1.57. The van der Waals surface area contributed by atoms with Gasteiger partial charge in [0.2, 0.25) is 0 Å². The second-order valence-corrected chi connectivity index (χ2v) is 8.90. The van der Waals surface area contributed by atoms with Crippen LogP contribution in [-0.2, 0) is 14.3 Å². The number of anilines is 2. The lowest BCUT2D eigenvalue weighted by Crippen LogP contribution is -2.58. The molecule has 0 radical (unpaired) electrons. The first-order chi connectivity index (χ1) is 15.4. The monoisotopic (exact) mass is 464 g/mol. The van der Waals surface area contributed by atoms with Crippen LogP contribution in [0.3, 0.4) is 0 Å². The molecule has 3 N–H and O–H groups in total. The predicted molar refractivity (Wildman–Crippen MR) is 121 cm³/mol. The van der Waals surface area contributed by atoms with E-state index in [0.717, 1.165) is 37.9 Å². The number of rotatable bonds is 10. The van der Waals surface area contributed by atoms with Gasteiger partial charge in [0.15, 0.2) is 18.9 Å². The molecule has 11 heteroatoms. The Hall–Kier alpha value is -2.76.